The summed E-state index contributed by atoms with van der Waals surface area (Å²) >= 11 is 0. The summed E-state index contributed by atoms with van der Waals surface area (Å²) < 4.78 is 1.86. The van der Waals surface area contributed by atoms with Crippen molar-refractivity contribution in [1.29, 1.82) is 0 Å². The van der Waals surface area contributed by atoms with Gasteiger partial charge in [0.1, 0.15) is 5.69 Å². The first kappa shape index (κ1) is 9.57. The SMILES string of the molecule is CC(C)Cn1cncc1/C(N)=N\O. The van der Waals surface area contributed by atoms with Crippen LogP contribution in [-0.4, -0.2) is 20.6 Å². The fraction of sp³-hybridized carbons (Fsp3) is 0.500. The zero-order valence-electron chi connectivity index (χ0n) is 7.81. The molecule has 0 unspecified atom stereocenters. The molecule has 0 saturated heterocycles. The van der Waals surface area contributed by atoms with Crippen molar-refractivity contribution >= 4 is 5.84 Å². The van der Waals surface area contributed by atoms with Crippen LogP contribution in [0.25, 0.3) is 0 Å². The highest BCUT2D eigenvalue weighted by Gasteiger charge is 2.07. The molecular formula is C8H14N4O. The molecule has 0 atom stereocenters. The van der Waals surface area contributed by atoms with Gasteiger partial charge in [-0.05, 0) is 5.92 Å². The Morgan fingerprint density at radius 2 is 2.46 bits per heavy atom. The normalized spacial score (nSPS) is 12.4. The lowest BCUT2D eigenvalue weighted by molar-refractivity contribution is 0.318. The minimum absolute atomic E-state index is 0.0955. The maximum atomic E-state index is 8.49. The maximum Gasteiger partial charge on any atom is 0.188 e. The van der Waals surface area contributed by atoms with E-state index in [1.807, 2.05) is 4.57 Å². The molecule has 0 bridgehead atoms. The number of hydrogen-bond donors (Lipinski definition) is 2. The molecule has 0 amide bonds. The van der Waals surface area contributed by atoms with E-state index in [1.165, 1.54) is 0 Å². The van der Waals surface area contributed by atoms with Crippen molar-refractivity contribution in [3.63, 3.8) is 0 Å². The Morgan fingerprint density at radius 1 is 1.77 bits per heavy atom. The number of nitrogens with zero attached hydrogens (tertiary/aromatic N) is 3. The highest BCUT2D eigenvalue weighted by atomic mass is 16.4. The van der Waals surface area contributed by atoms with E-state index in [-0.39, 0.29) is 5.84 Å². The van der Waals surface area contributed by atoms with Crippen LogP contribution >= 0.6 is 0 Å². The lowest BCUT2D eigenvalue weighted by atomic mass is 10.2. The fourth-order valence-electron chi connectivity index (χ4n) is 1.12. The first-order valence-corrected chi connectivity index (χ1v) is 4.13. The van der Waals surface area contributed by atoms with Crippen molar-refractivity contribution in [3.8, 4) is 0 Å². The number of hydrogen-bond acceptors (Lipinski definition) is 3. The highest BCUT2D eigenvalue weighted by Crippen LogP contribution is 2.03. The van der Waals surface area contributed by atoms with Crippen LogP contribution in [0.5, 0.6) is 0 Å². The molecule has 13 heavy (non-hydrogen) atoms. The van der Waals surface area contributed by atoms with Crippen LogP contribution in [0.4, 0.5) is 0 Å². The Bertz CT molecular complexity index is 303. The molecule has 0 aliphatic heterocycles. The number of aromatic nitrogens is 2. The van der Waals surface area contributed by atoms with Gasteiger partial charge in [-0.3, -0.25) is 0 Å². The third-order valence-electron chi connectivity index (χ3n) is 1.64. The number of amidine groups is 1. The fourth-order valence-corrected chi connectivity index (χ4v) is 1.12. The second kappa shape index (κ2) is 3.93. The van der Waals surface area contributed by atoms with Gasteiger partial charge >= 0.3 is 0 Å². The van der Waals surface area contributed by atoms with E-state index in [0.29, 0.717) is 11.6 Å². The second-order valence-corrected chi connectivity index (χ2v) is 3.31. The lowest BCUT2D eigenvalue weighted by Gasteiger charge is -2.08. The minimum atomic E-state index is 0.0955. The van der Waals surface area contributed by atoms with Gasteiger partial charge in [0.05, 0.1) is 12.5 Å². The van der Waals surface area contributed by atoms with E-state index in [9.17, 15) is 0 Å². The summed E-state index contributed by atoms with van der Waals surface area (Å²) in [6, 6.07) is 0. The molecule has 0 fully saturated rings. The zero-order chi connectivity index (χ0) is 9.84. The molecule has 3 N–H and O–H groups in total. The minimum Gasteiger partial charge on any atom is -0.409 e. The molecule has 1 heterocycles. The molecule has 0 spiro atoms. The average molecular weight is 182 g/mol. The third kappa shape index (κ3) is 2.21. The Morgan fingerprint density at radius 3 is 3.00 bits per heavy atom. The Balaban J connectivity index is 2.89. The van der Waals surface area contributed by atoms with Crippen LogP contribution in [-0.2, 0) is 6.54 Å². The van der Waals surface area contributed by atoms with Gasteiger partial charge < -0.3 is 15.5 Å². The molecule has 1 rings (SSSR count). The molecule has 1 aromatic heterocycles. The largest absolute Gasteiger partial charge is 0.409 e. The summed E-state index contributed by atoms with van der Waals surface area (Å²) in [5.74, 6) is 0.595. The van der Waals surface area contributed by atoms with Crippen molar-refractivity contribution in [2.75, 3.05) is 0 Å². The molecule has 0 aliphatic rings. The zero-order valence-corrected chi connectivity index (χ0v) is 7.81. The average Bonchev–Trinajstić information content (AvgIpc) is 2.50. The first-order valence-electron chi connectivity index (χ1n) is 4.13. The van der Waals surface area contributed by atoms with E-state index >= 15 is 0 Å². The number of oxime groups is 1. The molecule has 5 heteroatoms. The summed E-state index contributed by atoms with van der Waals surface area (Å²) in [6.45, 7) is 5.00. The van der Waals surface area contributed by atoms with E-state index in [2.05, 4.69) is 24.0 Å². The maximum absolute atomic E-state index is 8.49. The smallest absolute Gasteiger partial charge is 0.188 e. The monoisotopic (exact) mass is 182 g/mol. The molecule has 0 saturated carbocycles. The summed E-state index contributed by atoms with van der Waals surface area (Å²) in [4.78, 5) is 3.94. The molecule has 0 radical (unpaired) electrons. The molecule has 0 aromatic carbocycles. The van der Waals surface area contributed by atoms with Gasteiger partial charge in [-0.1, -0.05) is 19.0 Å². The quantitative estimate of drug-likeness (QED) is 0.311. The Hall–Kier alpha value is -1.52. The van der Waals surface area contributed by atoms with Crippen LogP contribution in [0.3, 0.4) is 0 Å². The summed E-state index contributed by atoms with van der Waals surface area (Å²) in [6.07, 6.45) is 3.25. The third-order valence-corrected chi connectivity index (χ3v) is 1.64. The van der Waals surface area contributed by atoms with Gasteiger partial charge in [0.15, 0.2) is 5.84 Å². The topological polar surface area (TPSA) is 76.4 Å². The van der Waals surface area contributed by atoms with Crippen molar-refractivity contribution in [2.24, 2.45) is 16.8 Å². The van der Waals surface area contributed by atoms with Crippen LogP contribution in [0.1, 0.15) is 19.5 Å². The van der Waals surface area contributed by atoms with Crippen LogP contribution in [0.15, 0.2) is 17.7 Å². The summed E-state index contributed by atoms with van der Waals surface area (Å²) in [5, 5.41) is 11.4. The predicted molar refractivity (Wildman–Crippen MR) is 49.6 cm³/mol. The van der Waals surface area contributed by atoms with Crippen molar-refractivity contribution in [2.45, 2.75) is 20.4 Å². The van der Waals surface area contributed by atoms with Crippen molar-refractivity contribution in [1.82, 2.24) is 9.55 Å². The number of imidazole rings is 1. The molecule has 0 aliphatic carbocycles. The van der Waals surface area contributed by atoms with E-state index in [0.717, 1.165) is 6.54 Å². The van der Waals surface area contributed by atoms with Gasteiger partial charge in [0, 0.05) is 6.54 Å². The molecule has 1 aromatic rings. The van der Waals surface area contributed by atoms with E-state index < -0.39 is 0 Å². The van der Waals surface area contributed by atoms with Gasteiger partial charge in [0.25, 0.3) is 0 Å². The van der Waals surface area contributed by atoms with Gasteiger partial charge in [-0.15, -0.1) is 0 Å². The number of rotatable bonds is 3. The second-order valence-electron chi connectivity index (χ2n) is 3.31. The van der Waals surface area contributed by atoms with Gasteiger partial charge in [-0.25, -0.2) is 4.98 Å². The Kier molecular flexibility index (Phi) is 2.89. The number of nitrogens with two attached hydrogens (primary N) is 1. The summed E-state index contributed by atoms with van der Waals surface area (Å²) in [7, 11) is 0. The van der Waals surface area contributed by atoms with Crippen LogP contribution in [0.2, 0.25) is 0 Å². The van der Waals surface area contributed by atoms with Crippen LogP contribution in [0, 0.1) is 5.92 Å². The lowest BCUT2D eigenvalue weighted by Crippen LogP contribution is -2.19. The van der Waals surface area contributed by atoms with Gasteiger partial charge in [-0.2, -0.15) is 0 Å². The predicted octanol–water partition coefficient (Wildman–Crippen LogP) is 0.634. The van der Waals surface area contributed by atoms with E-state index in [1.54, 1.807) is 12.5 Å². The van der Waals surface area contributed by atoms with Crippen LogP contribution < -0.4 is 5.73 Å². The first-order chi connectivity index (χ1) is 6.15. The molecular weight excluding hydrogens is 168 g/mol. The van der Waals surface area contributed by atoms with E-state index in [4.69, 9.17) is 10.9 Å². The highest BCUT2D eigenvalue weighted by molar-refractivity contribution is 5.95. The summed E-state index contributed by atoms with van der Waals surface area (Å²) in [5.41, 5.74) is 6.10. The van der Waals surface area contributed by atoms with Crippen molar-refractivity contribution in [3.05, 3.63) is 18.2 Å². The molecule has 5 nitrogen and oxygen atoms in total. The van der Waals surface area contributed by atoms with Crippen molar-refractivity contribution < 1.29 is 5.21 Å². The standard InChI is InChI=1S/C8H14N4O/c1-6(2)4-12-5-10-3-7(12)8(9)11-13/h3,5-6,13H,4H2,1-2H3,(H2,9,11). The van der Waals surface area contributed by atoms with Gasteiger partial charge in [0.2, 0.25) is 0 Å². The molecule has 72 valence electrons. The Labute approximate surface area is 76.9 Å².